The summed E-state index contributed by atoms with van der Waals surface area (Å²) in [5, 5.41) is 3.42. The summed E-state index contributed by atoms with van der Waals surface area (Å²) >= 11 is 12.3. The van der Waals surface area contributed by atoms with E-state index in [9.17, 15) is 13.2 Å². The van der Waals surface area contributed by atoms with Gasteiger partial charge >= 0.3 is 0 Å². The Morgan fingerprint density at radius 3 is 2.23 bits per heavy atom. The lowest BCUT2D eigenvalue weighted by atomic mass is 10.1. The molecule has 26 heavy (non-hydrogen) atoms. The summed E-state index contributed by atoms with van der Waals surface area (Å²) in [5.74, 6) is -0.267. The molecule has 0 spiro atoms. The van der Waals surface area contributed by atoms with E-state index >= 15 is 0 Å². The molecule has 0 aliphatic heterocycles. The van der Waals surface area contributed by atoms with Crippen molar-refractivity contribution in [2.45, 2.75) is 6.54 Å². The number of nitrogens with zero attached hydrogens (tertiary/aromatic N) is 1. The van der Waals surface area contributed by atoms with Crippen LogP contribution in [0.15, 0.2) is 55.1 Å². The molecular weight excluding hydrogens is 395 g/mol. The summed E-state index contributed by atoms with van der Waals surface area (Å²) in [6.45, 7) is 3.87. The first kappa shape index (κ1) is 20.3. The van der Waals surface area contributed by atoms with Gasteiger partial charge in [-0.2, -0.15) is 0 Å². The van der Waals surface area contributed by atoms with Crippen LogP contribution >= 0.6 is 23.2 Å². The van der Waals surface area contributed by atoms with Crippen LogP contribution in [0.4, 0.5) is 5.69 Å². The van der Waals surface area contributed by atoms with Gasteiger partial charge in [-0.05, 0) is 36.4 Å². The first-order chi connectivity index (χ1) is 12.2. The van der Waals surface area contributed by atoms with Gasteiger partial charge in [0.05, 0.1) is 18.5 Å². The Labute approximate surface area is 163 Å². The highest BCUT2D eigenvalue weighted by molar-refractivity contribution is 7.92. The van der Waals surface area contributed by atoms with Crippen molar-refractivity contribution in [1.29, 1.82) is 0 Å². The Kier molecular flexibility index (Phi) is 6.69. The standard InChI is InChI=1S/C18H18Cl2N2O3S/c1-3-11-21-18(23)13-7-9-14(10-8-13)22(26(2,24)25)12-15-16(19)5-4-6-17(15)20/h3-10H,1,11-12H2,2H3,(H,21,23). The topological polar surface area (TPSA) is 66.5 Å². The lowest BCUT2D eigenvalue weighted by Gasteiger charge is -2.23. The zero-order valence-electron chi connectivity index (χ0n) is 14.1. The fraction of sp³-hybridized carbons (Fsp3) is 0.167. The van der Waals surface area contributed by atoms with Crippen LogP contribution in [-0.4, -0.2) is 27.1 Å². The summed E-state index contributed by atoms with van der Waals surface area (Å²) in [6.07, 6.45) is 2.67. The number of amides is 1. The summed E-state index contributed by atoms with van der Waals surface area (Å²) in [5.41, 5.74) is 1.33. The molecule has 0 atom stereocenters. The lowest BCUT2D eigenvalue weighted by molar-refractivity contribution is 0.0958. The second-order valence-electron chi connectivity index (χ2n) is 5.52. The number of benzene rings is 2. The number of nitrogens with one attached hydrogen (secondary N) is 1. The van der Waals surface area contributed by atoms with Gasteiger partial charge in [-0.3, -0.25) is 9.10 Å². The van der Waals surface area contributed by atoms with Crippen LogP contribution in [0.2, 0.25) is 10.0 Å². The Balaban J connectivity index is 2.34. The summed E-state index contributed by atoms with van der Waals surface area (Å²) < 4.78 is 25.7. The molecule has 5 nitrogen and oxygen atoms in total. The van der Waals surface area contributed by atoms with E-state index < -0.39 is 10.0 Å². The fourth-order valence-corrected chi connectivity index (χ4v) is 3.66. The Bertz CT molecular complexity index is 892. The molecule has 0 aromatic heterocycles. The van der Waals surface area contributed by atoms with Crippen LogP contribution in [0, 0.1) is 0 Å². The van der Waals surface area contributed by atoms with Crippen molar-refractivity contribution in [2.75, 3.05) is 17.1 Å². The van der Waals surface area contributed by atoms with Crippen molar-refractivity contribution < 1.29 is 13.2 Å². The summed E-state index contributed by atoms with van der Waals surface area (Å²) in [4.78, 5) is 11.9. The van der Waals surface area contributed by atoms with Gasteiger partial charge in [-0.15, -0.1) is 6.58 Å². The predicted molar refractivity (Wildman–Crippen MR) is 106 cm³/mol. The second-order valence-corrected chi connectivity index (χ2v) is 8.24. The first-order valence-corrected chi connectivity index (χ1v) is 10.2. The van der Waals surface area contributed by atoms with Crippen molar-refractivity contribution in [1.82, 2.24) is 5.32 Å². The van der Waals surface area contributed by atoms with Gasteiger partial charge in [0.1, 0.15) is 0 Å². The molecule has 0 radical (unpaired) electrons. The van der Waals surface area contributed by atoms with Crippen molar-refractivity contribution in [3.8, 4) is 0 Å². The summed E-state index contributed by atoms with van der Waals surface area (Å²) in [7, 11) is -3.59. The largest absolute Gasteiger partial charge is 0.349 e. The highest BCUT2D eigenvalue weighted by Crippen LogP contribution is 2.29. The van der Waals surface area contributed by atoms with Gasteiger partial charge in [-0.1, -0.05) is 35.3 Å². The average Bonchev–Trinajstić information content (AvgIpc) is 2.58. The maximum atomic E-state index is 12.3. The second kappa shape index (κ2) is 8.58. The number of carbonyl (C=O) groups excluding carboxylic acids is 1. The van der Waals surface area contributed by atoms with E-state index in [1.165, 1.54) is 4.31 Å². The maximum Gasteiger partial charge on any atom is 0.251 e. The average molecular weight is 413 g/mol. The number of carbonyl (C=O) groups is 1. The SMILES string of the molecule is C=CCNC(=O)c1ccc(N(Cc2c(Cl)cccc2Cl)S(C)(=O)=O)cc1. The lowest BCUT2D eigenvalue weighted by Crippen LogP contribution is -2.29. The summed E-state index contributed by atoms with van der Waals surface area (Å²) in [6, 6.07) is 11.2. The normalized spacial score (nSPS) is 11.0. The van der Waals surface area contributed by atoms with E-state index in [4.69, 9.17) is 23.2 Å². The number of anilines is 1. The molecule has 1 amide bonds. The van der Waals surface area contributed by atoms with Crippen LogP contribution in [0.5, 0.6) is 0 Å². The molecule has 0 saturated heterocycles. The number of hydrogen-bond acceptors (Lipinski definition) is 3. The van der Waals surface area contributed by atoms with E-state index in [-0.39, 0.29) is 12.5 Å². The zero-order chi connectivity index (χ0) is 19.3. The third-order valence-electron chi connectivity index (χ3n) is 3.59. The molecule has 0 fully saturated rings. The molecule has 0 aliphatic rings. The van der Waals surface area contributed by atoms with E-state index in [1.807, 2.05) is 0 Å². The van der Waals surface area contributed by atoms with E-state index in [2.05, 4.69) is 11.9 Å². The van der Waals surface area contributed by atoms with Crippen LogP contribution in [0.25, 0.3) is 0 Å². The Morgan fingerprint density at radius 1 is 1.15 bits per heavy atom. The monoisotopic (exact) mass is 412 g/mol. The molecular formula is C18H18Cl2N2O3S. The molecule has 0 saturated carbocycles. The fourth-order valence-electron chi connectivity index (χ4n) is 2.27. The van der Waals surface area contributed by atoms with Crippen molar-refractivity contribution in [3.63, 3.8) is 0 Å². The molecule has 0 bridgehead atoms. The molecule has 8 heteroatoms. The minimum Gasteiger partial charge on any atom is -0.349 e. The van der Waals surface area contributed by atoms with Crippen LogP contribution in [0.3, 0.4) is 0 Å². The van der Waals surface area contributed by atoms with Gasteiger partial charge in [0.2, 0.25) is 10.0 Å². The highest BCUT2D eigenvalue weighted by atomic mass is 35.5. The van der Waals surface area contributed by atoms with Crippen molar-refractivity contribution in [3.05, 3.63) is 76.3 Å². The molecule has 138 valence electrons. The van der Waals surface area contributed by atoms with Crippen LogP contribution in [0.1, 0.15) is 15.9 Å². The predicted octanol–water partition coefficient (Wildman–Crippen LogP) is 3.88. The first-order valence-electron chi connectivity index (χ1n) is 7.64. The van der Waals surface area contributed by atoms with Gasteiger partial charge in [-0.25, -0.2) is 8.42 Å². The molecule has 1 N–H and O–H groups in total. The Hall–Kier alpha value is -2.02. The molecule has 2 aromatic carbocycles. The quantitative estimate of drug-likeness (QED) is 0.701. The third-order valence-corrected chi connectivity index (χ3v) is 5.44. The highest BCUT2D eigenvalue weighted by Gasteiger charge is 2.21. The number of sulfonamides is 1. The van der Waals surface area contributed by atoms with Gasteiger partial charge in [0.15, 0.2) is 0 Å². The molecule has 0 aliphatic carbocycles. The van der Waals surface area contributed by atoms with E-state index in [1.54, 1.807) is 48.5 Å². The molecule has 2 aromatic rings. The molecule has 0 heterocycles. The number of halogens is 2. The Morgan fingerprint density at radius 2 is 1.73 bits per heavy atom. The smallest absolute Gasteiger partial charge is 0.251 e. The van der Waals surface area contributed by atoms with Crippen LogP contribution in [-0.2, 0) is 16.6 Å². The molecule has 0 unspecified atom stereocenters. The van der Waals surface area contributed by atoms with Crippen molar-refractivity contribution >= 4 is 44.8 Å². The molecule has 2 rings (SSSR count). The van der Waals surface area contributed by atoms with Gasteiger partial charge in [0.25, 0.3) is 5.91 Å². The maximum absolute atomic E-state index is 12.3. The third kappa shape index (κ3) is 5.00. The van der Waals surface area contributed by atoms with Crippen LogP contribution < -0.4 is 9.62 Å². The number of hydrogen-bond donors (Lipinski definition) is 1. The minimum atomic E-state index is -3.59. The van der Waals surface area contributed by atoms with E-state index in [0.29, 0.717) is 33.4 Å². The van der Waals surface area contributed by atoms with Gasteiger partial charge in [0, 0.05) is 27.7 Å². The zero-order valence-corrected chi connectivity index (χ0v) is 16.4. The van der Waals surface area contributed by atoms with E-state index in [0.717, 1.165) is 6.26 Å². The van der Waals surface area contributed by atoms with Gasteiger partial charge < -0.3 is 5.32 Å². The minimum absolute atomic E-state index is 0.0145. The van der Waals surface area contributed by atoms with Crippen molar-refractivity contribution in [2.24, 2.45) is 0 Å². The number of rotatable bonds is 7.